The lowest BCUT2D eigenvalue weighted by molar-refractivity contribution is -0.114. The minimum atomic E-state index is -0.182. The van der Waals surface area contributed by atoms with Crippen molar-refractivity contribution < 1.29 is 14.4 Å². The number of aromatic nitrogens is 1. The first-order valence-electron chi connectivity index (χ1n) is 10.7. The minimum absolute atomic E-state index is 0.00656. The van der Waals surface area contributed by atoms with Crippen LogP contribution in [-0.2, 0) is 4.79 Å². The number of anilines is 1. The Morgan fingerprint density at radius 3 is 2.22 bits per heavy atom. The van der Waals surface area contributed by atoms with Crippen LogP contribution in [0, 0.1) is 0 Å². The molecule has 7 heteroatoms. The Labute approximate surface area is 187 Å². The van der Waals surface area contributed by atoms with Crippen molar-refractivity contribution in [2.24, 2.45) is 0 Å². The first-order valence-corrected chi connectivity index (χ1v) is 10.7. The van der Waals surface area contributed by atoms with E-state index in [9.17, 15) is 14.4 Å². The third-order valence-electron chi connectivity index (χ3n) is 5.58. The average molecular weight is 431 g/mol. The lowest BCUT2D eigenvalue weighted by atomic mass is 10.0. The molecule has 0 spiro atoms. The highest BCUT2D eigenvalue weighted by atomic mass is 16.2. The summed E-state index contributed by atoms with van der Waals surface area (Å²) < 4.78 is 1.99. The summed E-state index contributed by atoms with van der Waals surface area (Å²) in [6, 6.07) is 18.4. The molecule has 2 aromatic carbocycles. The Bertz CT molecular complexity index is 1100. The molecule has 1 saturated heterocycles. The zero-order valence-electron chi connectivity index (χ0n) is 18.0. The normalized spacial score (nSPS) is 14.1. The van der Waals surface area contributed by atoms with Gasteiger partial charge in [-0.3, -0.25) is 14.4 Å². The molecule has 0 atom stereocenters. The van der Waals surface area contributed by atoms with Crippen LogP contribution in [0.1, 0.15) is 40.5 Å². The zero-order chi connectivity index (χ0) is 22.5. The predicted molar refractivity (Wildman–Crippen MR) is 123 cm³/mol. The number of amides is 3. The number of nitrogens with zero attached hydrogens (tertiary/aromatic N) is 2. The van der Waals surface area contributed by atoms with Crippen molar-refractivity contribution in [2.75, 3.05) is 18.4 Å². The van der Waals surface area contributed by atoms with E-state index in [1.807, 2.05) is 58.3 Å². The summed E-state index contributed by atoms with van der Waals surface area (Å²) in [5.74, 6) is -0.349. The summed E-state index contributed by atoms with van der Waals surface area (Å²) in [7, 11) is 0. The van der Waals surface area contributed by atoms with Crippen molar-refractivity contribution in [3.8, 4) is 5.69 Å². The molecule has 2 N–H and O–H groups in total. The molecule has 3 amide bonds. The fourth-order valence-corrected chi connectivity index (χ4v) is 3.90. The third-order valence-corrected chi connectivity index (χ3v) is 5.58. The first kappa shape index (κ1) is 21.4. The highest BCUT2D eigenvalue weighted by Crippen LogP contribution is 2.17. The van der Waals surface area contributed by atoms with Gasteiger partial charge in [0.25, 0.3) is 11.8 Å². The van der Waals surface area contributed by atoms with Crippen molar-refractivity contribution in [1.82, 2.24) is 14.8 Å². The maximum absolute atomic E-state index is 12.9. The molecule has 1 aromatic heterocycles. The first-order chi connectivity index (χ1) is 15.5. The smallest absolute Gasteiger partial charge is 0.253 e. The number of benzene rings is 2. The van der Waals surface area contributed by atoms with E-state index in [1.54, 1.807) is 24.3 Å². The second kappa shape index (κ2) is 9.51. The van der Waals surface area contributed by atoms with Gasteiger partial charge < -0.3 is 20.1 Å². The Hall–Kier alpha value is -3.87. The van der Waals surface area contributed by atoms with Gasteiger partial charge in [-0.1, -0.05) is 6.07 Å². The van der Waals surface area contributed by atoms with E-state index in [1.165, 1.54) is 6.92 Å². The average Bonchev–Trinajstić information content (AvgIpc) is 3.34. The van der Waals surface area contributed by atoms with Gasteiger partial charge in [0.15, 0.2) is 0 Å². The lowest BCUT2D eigenvalue weighted by Gasteiger charge is -2.32. The number of rotatable bonds is 5. The van der Waals surface area contributed by atoms with Gasteiger partial charge >= 0.3 is 0 Å². The van der Waals surface area contributed by atoms with Gasteiger partial charge in [0, 0.05) is 61.0 Å². The van der Waals surface area contributed by atoms with E-state index in [0.29, 0.717) is 42.7 Å². The summed E-state index contributed by atoms with van der Waals surface area (Å²) in [6.07, 6.45) is 5.33. The van der Waals surface area contributed by atoms with Crippen molar-refractivity contribution >= 4 is 23.4 Å². The lowest BCUT2D eigenvalue weighted by Crippen LogP contribution is -2.46. The Morgan fingerprint density at radius 1 is 0.875 bits per heavy atom. The highest BCUT2D eigenvalue weighted by Gasteiger charge is 2.25. The SMILES string of the molecule is CC(=O)Nc1cccc(C(=O)NC2CCN(C(=O)c3ccc(-n4cccc4)cc3)CC2)c1. The third kappa shape index (κ3) is 5.06. The molecule has 1 fully saturated rings. The minimum Gasteiger partial charge on any atom is -0.349 e. The van der Waals surface area contributed by atoms with Crippen LogP contribution in [0.5, 0.6) is 0 Å². The molecule has 3 aromatic rings. The fourth-order valence-electron chi connectivity index (χ4n) is 3.90. The second-order valence-corrected chi connectivity index (χ2v) is 7.94. The number of carbonyl (C=O) groups is 3. The molecule has 0 radical (unpaired) electrons. The van der Waals surface area contributed by atoms with Gasteiger partial charge in [-0.15, -0.1) is 0 Å². The van der Waals surface area contributed by atoms with Gasteiger partial charge in [0.2, 0.25) is 5.91 Å². The molecule has 7 nitrogen and oxygen atoms in total. The van der Waals surface area contributed by atoms with Crippen LogP contribution in [0.4, 0.5) is 5.69 Å². The van der Waals surface area contributed by atoms with E-state index >= 15 is 0 Å². The summed E-state index contributed by atoms with van der Waals surface area (Å²) in [6.45, 7) is 2.61. The van der Waals surface area contributed by atoms with Crippen LogP contribution >= 0.6 is 0 Å². The van der Waals surface area contributed by atoms with Gasteiger partial charge in [-0.25, -0.2) is 0 Å². The molecule has 1 aliphatic rings. The van der Waals surface area contributed by atoms with Crippen LogP contribution in [0.25, 0.3) is 5.69 Å². The van der Waals surface area contributed by atoms with Crippen molar-refractivity contribution in [1.29, 1.82) is 0 Å². The molecule has 164 valence electrons. The van der Waals surface area contributed by atoms with E-state index in [-0.39, 0.29) is 23.8 Å². The highest BCUT2D eigenvalue weighted by molar-refractivity contribution is 5.97. The van der Waals surface area contributed by atoms with E-state index in [2.05, 4.69) is 10.6 Å². The second-order valence-electron chi connectivity index (χ2n) is 7.94. The molecule has 32 heavy (non-hydrogen) atoms. The number of hydrogen-bond acceptors (Lipinski definition) is 3. The van der Waals surface area contributed by atoms with Gasteiger partial charge in [0.1, 0.15) is 0 Å². The number of hydrogen-bond donors (Lipinski definition) is 2. The predicted octanol–water partition coefficient (Wildman–Crippen LogP) is 3.47. The molecular formula is C25H26N4O3. The molecular weight excluding hydrogens is 404 g/mol. The Morgan fingerprint density at radius 2 is 1.56 bits per heavy atom. The fraction of sp³-hybridized carbons (Fsp3) is 0.240. The Balaban J connectivity index is 1.30. The molecule has 1 aliphatic heterocycles. The molecule has 4 rings (SSSR count). The maximum Gasteiger partial charge on any atom is 0.253 e. The Kier molecular flexibility index (Phi) is 6.35. The summed E-state index contributed by atoms with van der Waals surface area (Å²) in [5, 5.41) is 5.73. The number of nitrogens with one attached hydrogen (secondary N) is 2. The molecule has 2 heterocycles. The van der Waals surface area contributed by atoms with E-state index < -0.39 is 0 Å². The van der Waals surface area contributed by atoms with Gasteiger partial charge in [0.05, 0.1) is 0 Å². The molecule has 0 unspecified atom stereocenters. The summed E-state index contributed by atoms with van der Waals surface area (Å²) in [5.41, 5.74) is 2.76. The molecule has 0 bridgehead atoms. The number of piperidine rings is 1. The molecule has 0 aliphatic carbocycles. The van der Waals surface area contributed by atoms with Crippen molar-refractivity contribution in [2.45, 2.75) is 25.8 Å². The number of likely N-dealkylation sites (tertiary alicyclic amines) is 1. The zero-order valence-corrected chi connectivity index (χ0v) is 18.0. The van der Waals surface area contributed by atoms with Crippen LogP contribution in [0.15, 0.2) is 73.1 Å². The standard InChI is InChI=1S/C25H26N4O3/c1-18(30)26-22-6-4-5-20(17-22)24(31)27-21-11-15-29(16-12-21)25(32)19-7-9-23(10-8-19)28-13-2-3-14-28/h2-10,13-14,17,21H,11-12,15-16H2,1H3,(H,26,30)(H,27,31). The topological polar surface area (TPSA) is 83.4 Å². The van der Waals surface area contributed by atoms with Gasteiger partial charge in [-0.05, 0) is 67.4 Å². The van der Waals surface area contributed by atoms with E-state index in [0.717, 1.165) is 5.69 Å². The van der Waals surface area contributed by atoms with E-state index in [4.69, 9.17) is 0 Å². The summed E-state index contributed by atoms with van der Waals surface area (Å²) >= 11 is 0. The summed E-state index contributed by atoms with van der Waals surface area (Å²) in [4.78, 5) is 38.5. The van der Waals surface area contributed by atoms with Crippen molar-refractivity contribution in [3.05, 3.63) is 84.2 Å². The largest absolute Gasteiger partial charge is 0.349 e. The van der Waals surface area contributed by atoms with Gasteiger partial charge in [-0.2, -0.15) is 0 Å². The van der Waals surface area contributed by atoms with Crippen LogP contribution in [0.2, 0.25) is 0 Å². The van der Waals surface area contributed by atoms with Crippen LogP contribution in [0.3, 0.4) is 0 Å². The van der Waals surface area contributed by atoms with Crippen LogP contribution in [-0.4, -0.2) is 46.3 Å². The monoisotopic (exact) mass is 430 g/mol. The number of carbonyl (C=O) groups excluding carboxylic acids is 3. The quantitative estimate of drug-likeness (QED) is 0.650. The molecule has 0 saturated carbocycles. The van der Waals surface area contributed by atoms with Crippen LogP contribution < -0.4 is 10.6 Å². The maximum atomic E-state index is 12.9. The van der Waals surface area contributed by atoms with Crippen molar-refractivity contribution in [3.63, 3.8) is 0 Å².